The molecule has 0 fully saturated rings. The van der Waals surface area contributed by atoms with Gasteiger partial charge in [0.2, 0.25) is 11.8 Å². The van der Waals surface area contributed by atoms with Crippen molar-refractivity contribution >= 4 is 11.8 Å². The number of rotatable bonds is 10. The number of nitrogens with zero attached hydrogens (tertiary/aromatic N) is 1. The minimum Gasteiger partial charge on any atom is -0.350 e. The second-order valence-electron chi connectivity index (χ2n) is 11.5. The summed E-state index contributed by atoms with van der Waals surface area (Å²) >= 11 is 0. The summed E-state index contributed by atoms with van der Waals surface area (Å²) in [7, 11) is 0. The molecule has 0 aliphatic carbocycles. The first kappa shape index (κ1) is 28.8. The number of carbonyl (C=O) groups is 2. The van der Waals surface area contributed by atoms with Crippen molar-refractivity contribution in [2.45, 2.75) is 64.6 Å². The molecule has 1 atom stereocenters. The topological polar surface area (TPSA) is 49.4 Å². The molecule has 2 amide bonds. The van der Waals surface area contributed by atoms with Gasteiger partial charge in [0.1, 0.15) is 6.04 Å². The van der Waals surface area contributed by atoms with E-state index in [4.69, 9.17) is 0 Å². The van der Waals surface area contributed by atoms with E-state index in [0.717, 1.165) is 27.8 Å². The lowest BCUT2D eigenvalue weighted by Gasteiger charge is -2.35. The summed E-state index contributed by atoms with van der Waals surface area (Å²) in [6.45, 7) is 8.32. The van der Waals surface area contributed by atoms with E-state index in [2.05, 4.69) is 42.6 Å². The Balaban J connectivity index is 1.76. The molecule has 0 saturated heterocycles. The standard InChI is InChI=1S/C36H40N2O2/c1-27-16-14-15-23-31(27)26-38(33(35(40)37-36(2,3)4)24-28-17-8-5-9-18-28)34(39)25-32(29-19-10-6-11-20-29)30-21-12-7-13-22-30/h5-23,32-33H,24-26H2,1-4H3,(H,37,40). The Kier molecular flexibility index (Phi) is 9.55. The van der Waals surface area contributed by atoms with Crippen molar-refractivity contribution in [3.05, 3.63) is 143 Å². The van der Waals surface area contributed by atoms with Crippen molar-refractivity contribution in [1.82, 2.24) is 10.2 Å². The van der Waals surface area contributed by atoms with Gasteiger partial charge >= 0.3 is 0 Å². The lowest BCUT2D eigenvalue weighted by atomic mass is 9.87. The smallest absolute Gasteiger partial charge is 0.243 e. The largest absolute Gasteiger partial charge is 0.350 e. The van der Waals surface area contributed by atoms with Crippen LogP contribution in [0.3, 0.4) is 0 Å². The highest BCUT2D eigenvalue weighted by Gasteiger charge is 2.33. The fourth-order valence-electron chi connectivity index (χ4n) is 5.07. The molecule has 0 bridgehead atoms. The van der Waals surface area contributed by atoms with Gasteiger partial charge in [-0.05, 0) is 55.5 Å². The minimum absolute atomic E-state index is 0.0500. The fourth-order valence-corrected chi connectivity index (χ4v) is 5.07. The van der Waals surface area contributed by atoms with Crippen LogP contribution in [-0.4, -0.2) is 28.3 Å². The zero-order valence-corrected chi connectivity index (χ0v) is 24.0. The molecule has 1 unspecified atom stereocenters. The maximum absolute atomic E-state index is 14.5. The van der Waals surface area contributed by atoms with Crippen LogP contribution in [0.25, 0.3) is 0 Å². The van der Waals surface area contributed by atoms with Crippen LogP contribution in [0, 0.1) is 6.92 Å². The highest BCUT2D eigenvalue weighted by Crippen LogP contribution is 2.30. The highest BCUT2D eigenvalue weighted by atomic mass is 16.2. The normalized spacial score (nSPS) is 12.1. The number of hydrogen-bond acceptors (Lipinski definition) is 2. The van der Waals surface area contributed by atoms with Crippen LogP contribution in [-0.2, 0) is 22.6 Å². The molecule has 4 aromatic rings. The number of nitrogens with one attached hydrogen (secondary N) is 1. The number of carbonyl (C=O) groups excluding carboxylic acids is 2. The third-order valence-corrected chi connectivity index (χ3v) is 7.15. The third-order valence-electron chi connectivity index (χ3n) is 7.15. The molecule has 206 valence electrons. The summed E-state index contributed by atoms with van der Waals surface area (Å²) in [4.78, 5) is 30.2. The SMILES string of the molecule is Cc1ccccc1CN(C(=O)CC(c1ccccc1)c1ccccc1)C(Cc1ccccc1)C(=O)NC(C)(C)C. The zero-order chi connectivity index (χ0) is 28.5. The average molecular weight is 533 g/mol. The predicted octanol–water partition coefficient (Wildman–Crippen LogP) is 7.07. The highest BCUT2D eigenvalue weighted by molar-refractivity contribution is 5.89. The van der Waals surface area contributed by atoms with E-state index in [9.17, 15) is 9.59 Å². The molecule has 4 heteroatoms. The first-order valence-corrected chi connectivity index (χ1v) is 14.0. The zero-order valence-electron chi connectivity index (χ0n) is 24.0. The van der Waals surface area contributed by atoms with E-state index in [1.807, 2.05) is 106 Å². The van der Waals surface area contributed by atoms with Crippen LogP contribution in [0.1, 0.15) is 60.9 Å². The average Bonchev–Trinajstić information content (AvgIpc) is 2.95. The monoisotopic (exact) mass is 532 g/mol. The van der Waals surface area contributed by atoms with Gasteiger partial charge in [0, 0.05) is 30.8 Å². The van der Waals surface area contributed by atoms with E-state index in [-0.39, 0.29) is 24.2 Å². The van der Waals surface area contributed by atoms with Crippen molar-refractivity contribution < 1.29 is 9.59 Å². The first-order valence-electron chi connectivity index (χ1n) is 14.0. The molecule has 0 heterocycles. The van der Waals surface area contributed by atoms with Crippen LogP contribution in [0.2, 0.25) is 0 Å². The van der Waals surface area contributed by atoms with Gasteiger partial charge in [-0.1, -0.05) is 115 Å². The Morgan fingerprint density at radius 2 is 1.23 bits per heavy atom. The molecular weight excluding hydrogens is 492 g/mol. The van der Waals surface area contributed by atoms with E-state index in [1.165, 1.54) is 0 Å². The van der Waals surface area contributed by atoms with Gasteiger partial charge < -0.3 is 10.2 Å². The molecule has 0 saturated carbocycles. The maximum atomic E-state index is 14.5. The summed E-state index contributed by atoms with van der Waals surface area (Å²) in [6, 6.07) is 37.7. The molecular formula is C36H40N2O2. The molecule has 0 spiro atoms. The van der Waals surface area contributed by atoms with Crippen molar-refractivity contribution in [2.24, 2.45) is 0 Å². The van der Waals surface area contributed by atoms with E-state index < -0.39 is 11.6 Å². The second kappa shape index (κ2) is 13.3. The lowest BCUT2D eigenvalue weighted by molar-refractivity contribution is -0.142. The third kappa shape index (κ3) is 7.92. The van der Waals surface area contributed by atoms with Crippen molar-refractivity contribution in [3.63, 3.8) is 0 Å². The molecule has 0 aromatic heterocycles. The van der Waals surface area contributed by atoms with Crippen LogP contribution in [0.4, 0.5) is 0 Å². The Morgan fingerprint density at radius 3 is 1.75 bits per heavy atom. The van der Waals surface area contributed by atoms with Gasteiger partial charge in [0.25, 0.3) is 0 Å². The molecule has 0 aliphatic rings. The predicted molar refractivity (Wildman–Crippen MR) is 163 cm³/mol. The summed E-state index contributed by atoms with van der Waals surface area (Å²) in [5.41, 5.74) is 4.88. The van der Waals surface area contributed by atoms with E-state index in [1.54, 1.807) is 4.90 Å². The lowest BCUT2D eigenvalue weighted by Crippen LogP contribution is -2.54. The fraction of sp³-hybridized carbons (Fsp3) is 0.278. The summed E-state index contributed by atoms with van der Waals surface area (Å²) in [6.07, 6.45) is 0.690. The minimum atomic E-state index is -0.666. The number of benzene rings is 4. The first-order chi connectivity index (χ1) is 19.2. The van der Waals surface area contributed by atoms with E-state index in [0.29, 0.717) is 13.0 Å². The Hall–Kier alpha value is -4.18. The number of hydrogen-bond donors (Lipinski definition) is 1. The number of amides is 2. The van der Waals surface area contributed by atoms with Gasteiger partial charge in [-0.3, -0.25) is 9.59 Å². The summed E-state index contributed by atoms with van der Waals surface area (Å²) < 4.78 is 0. The molecule has 4 rings (SSSR count). The van der Waals surface area contributed by atoms with Crippen LogP contribution in [0.5, 0.6) is 0 Å². The number of aryl methyl sites for hydroxylation is 1. The molecule has 40 heavy (non-hydrogen) atoms. The van der Waals surface area contributed by atoms with Crippen molar-refractivity contribution in [1.29, 1.82) is 0 Å². The van der Waals surface area contributed by atoms with Gasteiger partial charge in [0.15, 0.2) is 0 Å². The molecule has 4 nitrogen and oxygen atoms in total. The van der Waals surface area contributed by atoms with Gasteiger partial charge in [-0.25, -0.2) is 0 Å². The summed E-state index contributed by atoms with van der Waals surface area (Å²) in [5.74, 6) is -0.322. The van der Waals surface area contributed by atoms with E-state index >= 15 is 0 Å². The molecule has 1 N–H and O–H groups in total. The molecule has 0 aliphatic heterocycles. The van der Waals surface area contributed by atoms with Gasteiger partial charge in [-0.15, -0.1) is 0 Å². The van der Waals surface area contributed by atoms with Gasteiger partial charge in [0.05, 0.1) is 0 Å². The Bertz CT molecular complexity index is 1340. The Morgan fingerprint density at radius 1 is 0.725 bits per heavy atom. The summed E-state index contributed by atoms with van der Waals surface area (Å²) in [5, 5.41) is 3.16. The van der Waals surface area contributed by atoms with Crippen molar-refractivity contribution in [3.8, 4) is 0 Å². The van der Waals surface area contributed by atoms with Crippen LogP contribution in [0.15, 0.2) is 115 Å². The van der Waals surface area contributed by atoms with Gasteiger partial charge in [-0.2, -0.15) is 0 Å². The Labute approximate surface area is 239 Å². The van der Waals surface area contributed by atoms with Crippen molar-refractivity contribution in [2.75, 3.05) is 0 Å². The van der Waals surface area contributed by atoms with Crippen LogP contribution >= 0.6 is 0 Å². The molecule has 4 aromatic carbocycles. The quantitative estimate of drug-likeness (QED) is 0.237. The van der Waals surface area contributed by atoms with Crippen LogP contribution < -0.4 is 5.32 Å². The second-order valence-corrected chi connectivity index (χ2v) is 11.5. The maximum Gasteiger partial charge on any atom is 0.243 e. The molecule has 0 radical (unpaired) electrons.